The summed E-state index contributed by atoms with van der Waals surface area (Å²) in [6.07, 6.45) is 2.47. The Bertz CT molecular complexity index is 1200. The molecule has 2 aliphatic carbocycles. The van der Waals surface area contributed by atoms with Crippen LogP contribution in [0, 0.1) is 11.7 Å². The van der Waals surface area contributed by atoms with Crippen molar-refractivity contribution in [2.75, 3.05) is 0 Å². The molecule has 0 unspecified atom stereocenters. The van der Waals surface area contributed by atoms with Gasteiger partial charge in [-0.3, -0.25) is 4.79 Å². The summed E-state index contributed by atoms with van der Waals surface area (Å²) in [6.45, 7) is 0. The molecule has 2 saturated carbocycles. The van der Waals surface area contributed by atoms with E-state index in [0.717, 1.165) is 41.5 Å². The number of imidazole rings is 1. The lowest BCUT2D eigenvalue weighted by Gasteiger charge is -2.14. The smallest absolute Gasteiger partial charge is 0.224 e. The number of hydrogen-bond acceptors (Lipinski definition) is 3. The normalized spacial score (nSPS) is 22.5. The van der Waals surface area contributed by atoms with E-state index in [1.54, 1.807) is 6.07 Å². The van der Waals surface area contributed by atoms with Crippen LogP contribution in [0.5, 0.6) is 0 Å². The number of rotatable bonds is 4. The average molecular weight is 375 g/mol. The second-order valence-electron chi connectivity index (χ2n) is 7.95. The monoisotopic (exact) mass is 375 g/mol. The van der Waals surface area contributed by atoms with Gasteiger partial charge in [0.05, 0.1) is 16.6 Å². The first-order valence-electron chi connectivity index (χ1n) is 9.58. The first kappa shape index (κ1) is 15.9. The van der Waals surface area contributed by atoms with E-state index in [-0.39, 0.29) is 23.6 Å². The molecule has 2 fully saturated rings. The fourth-order valence-corrected chi connectivity index (χ4v) is 4.07. The van der Waals surface area contributed by atoms with Crippen LogP contribution in [-0.4, -0.2) is 15.9 Å². The molecule has 0 bridgehead atoms. The van der Waals surface area contributed by atoms with Crippen molar-refractivity contribution < 1.29 is 13.6 Å². The summed E-state index contributed by atoms with van der Waals surface area (Å²) in [6, 6.07) is 14.2. The molecule has 2 heterocycles. The maximum absolute atomic E-state index is 13.4. The highest BCUT2D eigenvalue weighted by molar-refractivity contribution is 5.85. The number of nitrogens with zero attached hydrogens (tertiary/aromatic N) is 1. The Morgan fingerprint density at radius 2 is 2.07 bits per heavy atom. The number of aromatic amines is 1. The molecule has 0 saturated heterocycles. The largest absolute Gasteiger partial charge is 0.459 e. The highest BCUT2D eigenvalue weighted by atomic mass is 19.1. The summed E-state index contributed by atoms with van der Waals surface area (Å²) in [4.78, 5) is 20.8. The zero-order chi connectivity index (χ0) is 18.9. The van der Waals surface area contributed by atoms with Crippen molar-refractivity contribution in [1.82, 2.24) is 15.3 Å². The fraction of sp³-hybridized carbons (Fsp3) is 0.273. The Labute approximate surface area is 159 Å². The molecule has 0 spiro atoms. The minimum atomic E-state index is -0.451. The van der Waals surface area contributed by atoms with Crippen molar-refractivity contribution in [2.45, 2.75) is 30.7 Å². The molecule has 28 heavy (non-hydrogen) atoms. The molecule has 1 amide bonds. The van der Waals surface area contributed by atoms with Gasteiger partial charge in [-0.2, -0.15) is 0 Å². The Morgan fingerprint density at radius 1 is 1.21 bits per heavy atom. The molecule has 2 atom stereocenters. The minimum absolute atomic E-state index is 0.0367. The zero-order valence-electron chi connectivity index (χ0n) is 15.0. The SMILES string of the molecule is O=C(NC1(c2cc3cc(F)ccc3o2)CC1)[C@H]1C[C@@H]1c1nc2ccccc2[nH]1. The Kier molecular flexibility index (Phi) is 3.08. The first-order chi connectivity index (χ1) is 13.6. The Morgan fingerprint density at radius 3 is 2.89 bits per heavy atom. The van der Waals surface area contributed by atoms with E-state index in [1.165, 1.54) is 12.1 Å². The topological polar surface area (TPSA) is 70.9 Å². The van der Waals surface area contributed by atoms with Gasteiger partial charge in [-0.15, -0.1) is 0 Å². The third-order valence-electron chi connectivity index (χ3n) is 5.95. The number of nitrogens with one attached hydrogen (secondary N) is 2. The predicted octanol–water partition coefficient (Wildman–Crippen LogP) is 4.36. The molecule has 4 aromatic rings. The molecule has 6 heteroatoms. The van der Waals surface area contributed by atoms with E-state index >= 15 is 0 Å². The fourth-order valence-electron chi connectivity index (χ4n) is 4.07. The number of furan rings is 1. The van der Waals surface area contributed by atoms with Crippen molar-refractivity contribution in [1.29, 1.82) is 0 Å². The van der Waals surface area contributed by atoms with Gasteiger partial charge < -0.3 is 14.7 Å². The maximum Gasteiger partial charge on any atom is 0.224 e. The molecule has 2 aromatic heterocycles. The number of benzene rings is 2. The van der Waals surface area contributed by atoms with E-state index < -0.39 is 5.54 Å². The third-order valence-corrected chi connectivity index (χ3v) is 5.95. The van der Waals surface area contributed by atoms with Crippen LogP contribution in [0.2, 0.25) is 0 Å². The molecule has 5 nitrogen and oxygen atoms in total. The lowest BCUT2D eigenvalue weighted by atomic mass is 10.1. The van der Waals surface area contributed by atoms with Gasteiger partial charge in [-0.05, 0) is 55.7 Å². The van der Waals surface area contributed by atoms with Crippen molar-refractivity contribution >= 4 is 27.9 Å². The number of halogens is 1. The Balaban J connectivity index is 1.21. The van der Waals surface area contributed by atoms with E-state index in [2.05, 4.69) is 15.3 Å². The molecule has 140 valence electrons. The summed E-state index contributed by atoms with van der Waals surface area (Å²) >= 11 is 0. The van der Waals surface area contributed by atoms with Crippen LogP contribution in [0.25, 0.3) is 22.0 Å². The molecule has 6 rings (SSSR count). The summed E-state index contributed by atoms with van der Waals surface area (Å²) in [5, 5.41) is 3.91. The maximum atomic E-state index is 13.4. The number of aromatic nitrogens is 2. The number of hydrogen-bond donors (Lipinski definition) is 2. The average Bonchev–Trinajstić information content (AvgIpc) is 3.57. The zero-order valence-corrected chi connectivity index (χ0v) is 15.0. The molecule has 2 aliphatic rings. The van der Waals surface area contributed by atoms with Gasteiger partial charge in [-0.1, -0.05) is 12.1 Å². The second kappa shape index (κ2) is 5.44. The summed E-state index contributed by atoms with van der Waals surface area (Å²) in [5.74, 6) is 1.40. The van der Waals surface area contributed by atoms with Crippen molar-refractivity contribution in [2.24, 2.45) is 5.92 Å². The van der Waals surface area contributed by atoms with Crippen molar-refractivity contribution in [3.05, 3.63) is 65.9 Å². The first-order valence-corrected chi connectivity index (χ1v) is 9.58. The van der Waals surface area contributed by atoms with Crippen LogP contribution in [0.3, 0.4) is 0 Å². The molecular formula is C22H18FN3O2. The van der Waals surface area contributed by atoms with Crippen LogP contribution >= 0.6 is 0 Å². The summed E-state index contributed by atoms with van der Waals surface area (Å²) in [5.41, 5.74) is 2.12. The Hall–Kier alpha value is -3.15. The van der Waals surface area contributed by atoms with Crippen LogP contribution in [0.15, 0.2) is 52.9 Å². The van der Waals surface area contributed by atoms with E-state index in [0.29, 0.717) is 11.3 Å². The van der Waals surface area contributed by atoms with Gasteiger partial charge in [0.15, 0.2) is 0 Å². The van der Waals surface area contributed by atoms with Crippen molar-refractivity contribution in [3.8, 4) is 0 Å². The van der Waals surface area contributed by atoms with Crippen LogP contribution in [-0.2, 0) is 10.3 Å². The van der Waals surface area contributed by atoms with E-state index in [4.69, 9.17) is 4.42 Å². The number of carbonyl (C=O) groups excluding carboxylic acids is 1. The van der Waals surface area contributed by atoms with Crippen LogP contribution in [0.4, 0.5) is 4.39 Å². The molecule has 0 radical (unpaired) electrons. The van der Waals surface area contributed by atoms with Gasteiger partial charge in [0.2, 0.25) is 5.91 Å². The van der Waals surface area contributed by atoms with Crippen LogP contribution in [0.1, 0.15) is 36.8 Å². The molecule has 2 aromatic carbocycles. The minimum Gasteiger partial charge on any atom is -0.459 e. The standard InChI is InChI=1S/C22H18FN3O2/c23-13-5-6-18-12(9-13)10-19(28-18)22(7-8-22)26-21(27)15-11-14(15)20-24-16-3-1-2-4-17(16)25-20/h1-6,9-10,14-15H,7-8,11H2,(H,24,25)(H,26,27)/t14-,15-/m0/s1. The quantitative estimate of drug-likeness (QED) is 0.557. The lowest BCUT2D eigenvalue weighted by Crippen LogP contribution is -2.35. The lowest BCUT2D eigenvalue weighted by molar-refractivity contribution is -0.123. The third kappa shape index (κ3) is 2.44. The number of amides is 1. The van der Waals surface area contributed by atoms with Gasteiger partial charge in [-0.25, -0.2) is 9.37 Å². The van der Waals surface area contributed by atoms with Crippen LogP contribution < -0.4 is 5.32 Å². The molecular weight excluding hydrogens is 357 g/mol. The van der Waals surface area contributed by atoms with E-state index in [1.807, 2.05) is 30.3 Å². The summed E-state index contributed by atoms with van der Waals surface area (Å²) in [7, 11) is 0. The number of fused-ring (bicyclic) bond motifs is 2. The molecule has 2 N–H and O–H groups in total. The van der Waals surface area contributed by atoms with Crippen molar-refractivity contribution in [3.63, 3.8) is 0 Å². The van der Waals surface area contributed by atoms with Gasteiger partial charge in [0.25, 0.3) is 0 Å². The number of carbonyl (C=O) groups is 1. The van der Waals surface area contributed by atoms with E-state index in [9.17, 15) is 9.18 Å². The summed E-state index contributed by atoms with van der Waals surface area (Å²) < 4.78 is 19.3. The number of H-pyrrole nitrogens is 1. The van der Waals surface area contributed by atoms with Gasteiger partial charge in [0.1, 0.15) is 23.0 Å². The highest BCUT2D eigenvalue weighted by Crippen LogP contribution is 2.51. The molecule has 0 aliphatic heterocycles. The van der Waals surface area contributed by atoms with Gasteiger partial charge >= 0.3 is 0 Å². The second-order valence-corrected chi connectivity index (χ2v) is 7.95. The predicted molar refractivity (Wildman–Crippen MR) is 102 cm³/mol. The van der Waals surface area contributed by atoms with Gasteiger partial charge in [0, 0.05) is 17.2 Å². The highest BCUT2D eigenvalue weighted by Gasteiger charge is 2.53. The number of para-hydroxylation sites is 2.